The molecule has 1 saturated heterocycles. The zero-order valence-corrected chi connectivity index (χ0v) is 13.7. The molecule has 2 atom stereocenters. The van der Waals surface area contributed by atoms with Crippen LogP contribution in [0.25, 0.3) is 11.3 Å². The van der Waals surface area contributed by atoms with Crippen LogP contribution in [0.15, 0.2) is 41.0 Å². The molecule has 2 unspecified atom stereocenters. The third-order valence-corrected chi connectivity index (χ3v) is 4.31. The molecule has 0 saturated carbocycles. The summed E-state index contributed by atoms with van der Waals surface area (Å²) in [5.41, 5.74) is 0.614. The number of carboxylic acids is 1. The van der Waals surface area contributed by atoms with Gasteiger partial charge in [0.2, 0.25) is 0 Å². The molecule has 2 N–H and O–H groups in total. The Morgan fingerprint density at radius 1 is 1.32 bits per heavy atom. The molecule has 132 valence electrons. The largest absolute Gasteiger partial charge is 0.481 e. The van der Waals surface area contributed by atoms with E-state index in [1.807, 2.05) is 6.92 Å². The molecular weight excluding hydrogens is 327 g/mol. The summed E-state index contributed by atoms with van der Waals surface area (Å²) in [7, 11) is 0. The second-order valence-electron chi connectivity index (χ2n) is 6.38. The highest BCUT2D eigenvalue weighted by Crippen LogP contribution is 2.26. The van der Waals surface area contributed by atoms with Crippen molar-refractivity contribution in [2.24, 2.45) is 11.8 Å². The van der Waals surface area contributed by atoms with Crippen molar-refractivity contribution in [1.82, 2.24) is 4.90 Å². The first kappa shape index (κ1) is 17.0. The van der Waals surface area contributed by atoms with Gasteiger partial charge in [0.25, 0.3) is 0 Å². The number of carbonyl (C=O) groups excluding carboxylic acids is 1. The second-order valence-corrected chi connectivity index (χ2v) is 6.38. The maximum absolute atomic E-state index is 14.3. The van der Waals surface area contributed by atoms with Crippen molar-refractivity contribution in [1.29, 1.82) is 0 Å². The van der Waals surface area contributed by atoms with Gasteiger partial charge in [0.15, 0.2) is 0 Å². The summed E-state index contributed by atoms with van der Waals surface area (Å²) >= 11 is 0. The van der Waals surface area contributed by atoms with E-state index in [1.54, 1.807) is 18.2 Å². The number of piperidine rings is 1. The van der Waals surface area contributed by atoms with Gasteiger partial charge in [0.05, 0.1) is 17.9 Å². The number of rotatable bonds is 3. The highest BCUT2D eigenvalue weighted by atomic mass is 19.1. The minimum absolute atomic E-state index is 0.0467. The van der Waals surface area contributed by atoms with Crippen LogP contribution in [0.4, 0.5) is 14.9 Å². The Bertz CT molecular complexity index is 775. The zero-order valence-electron chi connectivity index (χ0n) is 13.7. The van der Waals surface area contributed by atoms with Gasteiger partial charge in [-0.15, -0.1) is 0 Å². The molecule has 2 aromatic rings. The van der Waals surface area contributed by atoms with Crippen LogP contribution in [-0.2, 0) is 4.79 Å². The number of carboxylic acid groups (broad SMARTS) is 1. The van der Waals surface area contributed by atoms with Crippen molar-refractivity contribution in [3.8, 4) is 11.3 Å². The number of nitrogens with one attached hydrogen (secondary N) is 1. The number of aliphatic carboxylic acids is 1. The van der Waals surface area contributed by atoms with E-state index in [2.05, 4.69) is 5.32 Å². The van der Waals surface area contributed by atoms with Crippen molar-refractivity contribution < 1.29 is 23.5 Å². The predicted octanol–water partition coefficient (Wildman–Crippen LogP) is 3.66. The number of benzene rings is 1. The molecule has 0 spiro atoms. The Balaban J connectivity index is 1.71. The summed E-state index contributed by atoms with van der Waals surface area (Å²) in [5.74, 6) is -1.49. The summed E-state index contributed by atoms with van der Waals surface area (Å²) in [4.78, 5) is 25.0. The second kappa shape index (κ2) is 6.96. The normalized spacial score (nSPS) is 20.3. The number of halogens is 1. The van der Waals surface area contributed by atoms with Gasteiger partial charge in [-0.05, 0) is 42.7 Å². The quantitative estimate of drug-likeness (QED) is 0.888. The summed E-state index contributed by atoms with van der Waals surface area (Å²) in [5, 5.41) is 11.7. The minimum Gasteiger partial charge on any atom is -0.481 e. The fourth-order valence-electron chi connectivity index (χ4n) is 3.10. The van der Waals surface area contributed by atoms with Gasteiger partial charge in [-0.3, -0.25) is 4.79 Å². The van der Waals surface area contributed by atoms with Crippen LogP contribution in [0, 0.1) is 17.7 Å². The molecule has 25 heavy (non-hydrogen) atoms. The van der Waals surface area contributed by atoms with Crippen LogP contribution in [0.5, 0.6) is 0 Å². The number of amides is 2. The molecule has 0 aliphatic carbocycles. The number of urea groups is 1. The van der Waals surface area contributed by atoms with E-state index in [0.29, 0.717) is 24.3 Å². The fraction of sp³-hybridized carbons (Fsp3) is 0.333. The molecule has 1 aliphatic heterocycles. The standard InChI is InChI=1S/C18H19FN2O4/c1-11-7-13(17(22)23)10-21(9-11)18(24)20-15-5-4-12(8-14(15)19)16-3-2-6-25-16/h2-6,8,11,13H,7,9-10H2,1H3,(H,20,24)(H,22,23). The van der Waals surface area contributed by atoms with E-state index in [9.17, 15) is 19.1 Å². The molecule has 1 fully saturated rings. The number of carbonyl (C=O) groups is 2. The maximum Gasteiger partial charge on any atom is 0.321 e. The fourth-order valence-corrected chi connectivity index (χ4v) is 3.10. The predicted molar refractivity (Wildman–Crippen MR) is 89.6 cm³/mol. The summed E-state index contributed by atoms with van der Waals surface area (Å²) in [6.07, 6.45) is 2.03. The van der Waals surface area contributed by atoms with E-state index >= 15 is 0 Å². The average Bonchev–Trinajstić information content (AvgIpc) is 3.10. The van der Waals surface area contributed by atoms with Crippen LogP contribution in [0.2, 0.25) is 0 Å². The van der Waals surface area contributed by atoms with Crippen molar-refractivity contribution in [3.63, 3.8) is 0 Å². The Hall–Kier alpha value is -2.83. The molecule has 2 heterocycles. The lowest BCUT2D eigenvalue weighted by molar-refractivity contribution is -0.143. The molecule has 0 radical (unpaired) electrons. The number of likely N-dealkylation sites (tertiary alicyclic amines) is 1. The third-order valence-electron chi connectivity index (χ3n) is 4.31. The smallest absolute Gasteiger partial charge is 0.321 e. The molecule has 3 rings (SSSR count). The van der Waals surface area contributed by atoms with Crippen molar-refractivity contribution >= 4 is 17.7 Å². The van der Waals surface area contributed by atoms with E-state index in [4.69, 9.17) is 4.42 Å². The topological polar surface area (TPSA) is 82.8 Å². The van der Waals surface area contributed by atoms with Crippen molar-refractivity contribution in [3.05, 3.63) is 42.4 Å². The third kappa shape index (κ3) is 3.81. The molecule has 1 aromatic heterocycles. The average molecular weight is 346 g/mol. The van der Waals surface area contributed by atoms with E-state index < -0.39 is 23.7 Å². The number of nitrogens with zero attached hydrogens (tertiary/aromatic N) is 1. The lowest BCUT2D eigenvalue weighted by Gasteiger charge is -2.34. The van der Waals surface area contributed by atoms with Gasteiger partial charge in [-0.25, -0.2) is 9.18 Å². The highest BCUT2D eigenvalue weighted by Gasteiger charge is 2.32. The Labute approximate surface area is 144 Å². The van der Waals surface area contributed by atoms with Crippen molar-refractivity contribution in [2.75, 3.05) is 18.4 Å². The lowest BCUT2D eigenvalue weighted by atomic mass is 9.91. The Morgan fingerprint density at radius 2 is 2.12 bits per heavy atom. The van der Waals surface area contributed by atoms with Crippen LogP contribution in [-0.4, -0.2) is 35.1 Å². The number of furan rings is 1. The van der Waals surface area contributed by atoms with E-state index in [0.717, 1.165) is 0 Å². The van der Waals surface area contributed by atoms with Crippen LogP contribution < -0.4 is 5.32 Å². The first-order valence-electron chi connectivity index (χ1n) is 8.06. The minimum atomic E-state index is -0.918. The highest BCUT2D eigenvalue weighted by molar-refractivity contribution is 5.90. The maximum atomic E-state index is 14.3. The van der Waals surface area contributed by atoms with Gasteiger partial charge in [-0.2, -0.15) is 0 Å². The number of anilines is 1. The van der Waals surface area contributed by atoms with Crippen LogP contribution >= 0.6 is 0 Å². The van der Waals surface area contributed by atoms with Crippen LogP contribution in [0.1, 0.15) is 13.3 Å². The molecule has 0 bridgehead atoms. The summed E-state index contributed by atoms with van der Waals surface area (Å²) in [6, 6.07) is 7.33. The Morgan fingerprint density at radius 3 is 2.76 bits per heavy atom. The van der Waals surface area contributed by atoms with Gasteiger partial charge >= 0.3 is 12.0 Å². The van der Waals surface area contributed by atoms with E-state index in [1.165, 1.54) is 23.3 Å². The molecule has 7 heteroatoms. The van der Waals surface area contributed by atoms with Crippen molar-refractivity contribution in [2.45, 2.75) is 13.3 Å². The Kier molecular flexibility index (Phi) is 4.74. The number of hydrogen-bond donors (Lipinski definition) is 2. The first-order chi connectivity index (χ1) is 11.9. The molecule has 2 amide bonds. The molecule has 1 aromatic carbocycles. The monoisotopic (exact) mass is 346 g/mol. The first-order valence-corrected chi connectivity index (χ1v) is 8.06. The van der Waals surface area contributed by atoms with Gasteiger partial charge in [-0.1, -0.05) is 6.92 Å². The van der Waals surface area contributed by atoms with Gasteiger partial charge in [0, 0.05) is 18.7 Å². The summed E-state index contributed by atoms with van der Waals surface area (Å²) < 4.78 is 19.5. The SMILES string of the molecule is CC1CC(C(=O)O)CN(C(=O)Nc2ccc(-c3ccco3)cc2F)C1. The molecule has 1 aliphatic rings. The molecular formula is C18H19FN2O4. The van der Waals surface area contributed by atoms with E-state index in [-0.39, 0.29) is 18.2 Å². The number of hydrogen-bond acceptors (Lipinski definition) is 3. The summed E-state index contributed by atoms with van der Waals surface area (Å²) in [6.45, 7) is 2.47. The van der Waals surface area contributed by atoms with Gasteiger partial charge in [0.1, 0.15) is 11.6 Å². The lowest BCUT2D eigenvalue weighted by Crippen LogP contribution is -2.47. The zero-order chi connectivity index (χ0) is 18.0. The molecule has 6 nitrogen and oxygen atoms in total. The van der Waals surface area contributed by atoms with Gasteiger partial charge < -0.3 is 19.7 Å². The van der Waals surface area contributed by atoms with Crippen LogP contribution in [0.3, 0.4) is 0 Å².